The number of nitrogens with zero attached hydrogens (tertiary/aromatic N) is 1. The summed E-state index contributed by atoms with van der Waals surface area (Å²) in [6.45, 7) is 1.78. The number of esters is 1. The number of fused-ring (bicyclic) bond motifs is 3. The van der Waals surface area contributed by atoms with Crippen LogP contribution < -0.4 is 10.1 Å². The maximum Gasteiger partial charge on any atom is 0.340 e. The highest BCUT2D eigenvalue weighted by molar-refractivity contribution is 6.13. The molecule has 0 aliphatic carbocycles. The fraction of sp³-hybridized carbons (Fsp3) is 0.242. The van der Waals surface area contributed by atoms with Gasteiger partial charge in [-0.3, -0.25) is 0 Å². The Labute approximate surface area is 224 Å². The fourth-order valence-corrected chi connectivity index (χ4v) is 5.20. The molecule has 0 amide bonds. The minimum atomic E-state index is -0.840. The van der Waals surface area contributed by atoms with Crippen LogP contribution in [0.5, 0.6) is 5.75 Å². The lowest BCUT2D eigenvalue weighted by Gasteiger charge is -2.37. The number of benzene rings is 4. The van der Waals surface area contributed by atoms with Gasteiger partial charge < -0.3 is 19.7 Å². The first kappa shape index (κ1) is 25.6. The van der Waals surface area contributed by atoms with Gasteiger partial charge in [0.15, 0.2) is 5.60 Å². The number of anilines is 1. The van der Waals surface area contributed by atoms with Gasteiger partial charge in [0, 0.05) is 34.0 Å². The molecule has 5 nitrogen and oxygen atoms in total. The average molecular weight is 507 g/mol. The minimum Gasteiger partial charge on any atom is -0.472 e. The van der Waals surface area contributed by atoms with Gasteiger partial charge in [0.1, 0.15) is 5.75 Å². The van der Waals surface area contributed by atoms with Crippen molar-refractivity contribution in [1.29, 1.82) is 0 Å². The lowest BCUT2D eigenvalue weighted by atomic mass is 9.82. The first-order valence-electron chi connectivity index (χ1n) is 13.1. The predicted octanol–water partition coefficient (Wildman–Crippen LogP) is 6.73. The molecule has 194 valence electrons. The van der Waals surface area contributed by atoms with Gasteiger partial charge in [-0.1, -0.05) is 84.9 Å². The highest BCUT2D eigenvalue weighted by Crippen LogP contribution is 2.48. The number of unbranched alkanes of at least 4 members (excludes halogenated alkanes) is 1. The zero-order valence-corrected chi connectivity index (χ0v) is 22.2. The van der Waals surface area contributed by atoms with Crippen LogP contribution in [0.2, 0.25) is 0 Å². The van der Waals surface area contributed by atoms with Gasteiger partial charge in [-0.05, 0) is 45.6 Å². The van der Waals surface area contributed by atoms with Crippen LogP contribution >= 0.6 is 0 Å². The number of rotatable bonds is 9. The van der Waals surface area contributed by atoms with Crippen LogP contribution in [-0.4, -0.2) is 45.2 Å². The summed E-state index contributed by atoms with van der Waals surface area (Å²) in [5.74, 6) is 0.289. The first-order chi connectivity index (χ1) is 18.5. The Hall–Kier alpha value is -4.09. The summed E-state index contributed by atoms with van der Waals surface area (Å²) in [6.07, 6.45) is 6.13. The lowest BCUT2D eigenvalue weighted by molar-refractivity contribution is 0.0600. The molecule has 1 aliphatic rings. The van der Waals surface area contributed by atoms with E-state index in [-0.39, 0.29) is 5.97 Å². The van der Waals surface area contributed by atoms with Gasteiger partial charge in [-0.2, -0.15) is 0 Å². The van der Waals surface area contributed by atoms with Crippen LogP contribution in [-0.2, 0) is 10.3 Å². The molecular formula is C33H34N2O3. The number of ether oxygens (including phenoxy) is 2. The van der Waals surface area contributed by atoms with E-state index < -0.39 is 5.60 Å². The fourth-order valence-electron chi connectivity index (χ4n) is 5.20. The van der Waals surface area contributed by atoms with Gasteiger partial charge in [-0.25, -0.2) is 4.79 Å². The molecule has 0 unspecified atom stereocenters. The molecule has 5 rings (SSSR count). The SMILES string of the molecule is COC(=O)c1c2c(c3ccccc3c1NCCCCN(C)C)OC(c1ccccc1)(c1ccccc1)C=C2. The second-order valence-electron chi connectivity index (χ2n) is 9.87. The molecule has 0 bridgehead atoms. The maximum atomic E-state index is 13.3. The van der Waals surface area contributed by atoms with Crippen molar-refractivity contribution in [2.45, 2.75) is 18.4 Å². The number of hydrogen-bond donors (Lipinski definition) is 1. The Balaban J connectivity index is 1.68. The molecule has 0 radical (unpaired) electrons. The zero-order valence-electron chi connectivity index (χ0n) is 22.2. The Bertz CT molecular complexity index is 1410. The summed E-state index contributed by atoms with van der Waals surface area (Å²) in [7, 11) is 5.59. The Morgan fingerprint density at radius 2 is 1.47 bits per heavy atom. The molecule has 0 saturated carbocycles. The van der Waals surface area contributed by atoms with E-state index in [1.54, 1.807) is 0 Å². The molecule has 0 saturated heterocycles. The van der Waals surface area contributed by atoms with Crippen molar-refractivity contribution >= 4 is 28.5 Å². The van der Waals surface area contributed by atoms with E-state index in [4.69, 9.17) is 9.47 Å². The number of carbonyl (C=O) groups is 1. The Kier molecular flexibility index (Phi) is 7.47. The van der Waals surface area contributed by atoms with Crippen LogP contribution in [0, 0.1) is 0 Å². The summed E-state index contributed by atoms with van der Waals surface area (Å²) >= 11 is 0. The van der Waals surface area contributed by atoms with Gasteiger partial charge in [0.2, 0.25) is 0 Å². The average Bonchev–Trinajstić information content (AvgIpc) is 2.97. The third-order valence-corrected chi connectivity index (χ3v) is 7.08. The van der Waals surface area contributed by atoms with Crippen molar-refractivity contribution in [3.63, 3.8) is 0 Å². The van der Waals surface area contributed by atoms with Crippen LogP contribution in [0.25, 0.3) is 16.8 Å². The molecule has 0 fully saturated rings. The summed E-state index contributed by atoms with van der Waals surface area (Å²) < 4.78 is 12.3. The second kappa shape index (κ2) is 11.1. The molecule has 5 heteroatoms. The molecular weight excluding hydrogens is 472 g/mol. The highest BCUT2D eigenvalue weighted by Gasteiger charge is 2.39. The summed E-state index contributed by atoms with van der Waals surface area (Å²) in [4.78, 5) is 15.5. The first-order valence-corrected chi connectivity index (χ1v) is 13.1. The monoisotopic (exact) mass is 506 g/mol. The van der Waals surface area contributed by atoms with Gasteiger partial charge in [0.05, 0.1) is 18.4 Å². The molecule has 0 aromatic heterocycles. The molecule has 4 aromatic carbocycles. The topological polar surface area (TPSA) is 50.8 Å². The minimum absolute atomic E-state index is 0.386. The van der Waals surface area contributed by atoms with Crippen LogP contribution in [0.1, 0.15) is 39.9 Å². The zero-order chi connectivity index (χ0) is 26.5. The maximum absolute atomic E-state index is 13.3. The summed E-state index contributed by atoms with van der Waals surface area (Å²) in [6, 6.07) is 28.5. The number of nitrogens with one attached hydrogen (secondary N) is 1. The van der Waals surface area contributed by atoms with E-state index in [0.717, 1.165) is 59.1 Å². The van der Waals surface area contributed by atoms with Gasteiger partial charge in [0.25, 0.3) is 0 Å². The molecule has 1 heterocycles. The van der Waals surface area contributed by atoms with E-state index in [1.807, 2.05) is 60.7 Å². The van der Waals surface area contributed by atoms with Crippen molar-refractivity contribution in [1.82, 2.24) is 4.90 Å². The van der Waals surface area contributed by atoms with Crippen LogP contribution in [0.3, 0.4) is 0 Å². The molecule has 1 N–H and O–H groups in total. The van der Waals surface area contributed by atoms with Crippen molar-refractivity contribution in [3.8, 4) is 5.75 Å². The third-order valence-electron chi connectivity index (χ3n) is 7.08. The van der Waals surface area contributed by atoms with Gasteiger partial charge >= 0.3 is 5.97 Å². The van der Waals surface area contributed by atoms with Crippen LogP contribution in [0.4, 0.5) is 5.69 Å². The second-order valence-corrected chi connectivity index (χ2v) is 9.87. The quantitative estimate of drug-likeness (QED) is 0.202. The molecule has 0 spiro atoms. The molecule has 38 heavy (non-hydrogen) atoms. The van der Waals surface area contributed by atoms with Crippen molar-refractivity contribution in [3.05, 3.63) is 113 Å². The smallest absolute Gasteiger partial charge is 0.340 e. The van der Waals surface area contributed by atoms with E-state index in [0.29, 0.717) is 11.3 Å². The van der Waals surface area contributed by atoms with Gasteiger partial charge in [-0.15, -0.1) is 0 Å². The molecule has 4 aromatic rings. The normalized spacial score (nSPS) is 13.7. The van der Waals surface area contributed by atoms with E-state index in [2.05, 4.69) is 60.7 Å². The van der Waals surface area contributed by atoms with E-state index >= 15 is 0 Å². The third kappa shape index (κ3) is 4.77. The largest absolute Gasteiger partial charge is 0.472 e. The van der Waals surface area contributed by atoms with Crippen molar-refractivity contribution in [2.75, 3.05) is 39.6 Å². The summed E-state index contributed by atoms with van der Waals surface area (Å²) in [5, 5.41) is 5.46. The number of carbonyl (C=O) groups excluding carboxylic acids is 1. The Morgan fingerprint density at radius 1 is 0.868 bits per heavy atom. The van der Waals surface area contributed by atoms with Crippen LogP contribution in [0.15, 0.2) is 91.0 Å². The summed E-state index contributed by atoms with van der Waals surface area (Å²) in [5.41, 5.74) is 3.21. The Morgan fingerprint density at radius 3 is 2.08 bits per heavy atom. The molecule has 0 atom stereocenters. The van der Waals surface area contributed by atoms with Crippen molar-refractivity contribution < 1.29 is 14.3 Å². The van der Waals surface area contributed by atoms with E-state index in [9.17, 15) is 4.79 Å². The number of hydrogen-bond acceptors (Lipinski definition) is 5. The van der Waals surface area contributed by atoms with E-state index in [1.165, 1.54) is 7.11 Å². The lowest BCUT2D eigenvalue weighted by Crippen LogP contribution is -2.34. The highest BCUT2D eigenvalue weighted by atomic mass is 16.5. The molecule has 1 aliphatic heterocycles. The number of methoxy groups -OCH3 is 1. The van der Waals surface area contributed by atoms with Crippen molar-refractivity contribution in [2.24, 2.45) is 0 Å². The standard InChI is InChI=1S/C33H34N2O3/c1-35(2)23-13-12-22-34-30-26-18-10-11-19-27(26)31-28(29(30)32(36)37-3)20-21-33(38-31,24-14-6-4-7-15-24)25-16-8-5-9-17-25/h4-11,14-21,34H,12-13,22-23H2,1-3H3. The predicted molar refractivity (Wildman–Crippen MR) is 155 cm³/mol.